The molecule has 5 rings (SSSR count). The number of aryl methyl sites for hydroxylation is 1. The van der Waals surface area contributed by atoms with Gasteiger partial charge < -0.3 is 10.1 Å². The zero-order valence-corrected chi connectivity index (χ0v) is 24.9. The number of nitrogens with two attached hydrogens (primary N) is 1. The monoisotopic (exact) mass is 623 g/mol. The van der Waals surface area contributed by atoms with Gasteiger partial charge in [0.25, 0.3) is 0 Å². The molecule has 0 unspecified atom stereocenters. The first-order chi connectivity index (χ1) is 20.1. The second kappa shape index (κ2) is 12.4. The number of hydrogen-bond donors (Lipinski definition) is 2. The molecule has 0 bridgehead atoms. The van der Waals surface area contributed by atoms with Crippen LogP contribution in [0.15, 0.2) is 88.9 Å². The van der Waals surface area contributed by atoms with E-state index in [1.165, 1.54) is 36.0 Å². The molecule has 0 aliphatic carbocycles. The zero-order chi connectivity index (χ0) is 29.9. The van der Waals surface area contributed by atoms with Gasteiger partial charge in [-0.15, -0.1) is 10.2 Å². The molecule has 0 saturated carbocycles. The smallest absolute Gasteiger partial charge is 0.238 e. The Morgan fingerprint density at radius 2 is 1.71 bits per heavy atom. The number of halogens is 1. The van der Waals surface area contributed by atoms with Gasteiger partial charge in [-0.3, -0.25) is 14.0 Å². The highest BCUT2D eigenvalue weighted by Gasteiger charge is 2.19. The van der Waals surface area contributed by atoms with Crippen LogP contribution in [0.1, 0.15) is 11.5 Å². The molecule has 0 atom stereocenters. The first-order valence-electron chi connectivity index (χ1n) is 12.6. The van der Waals surface area contributed by atoms with Crippen molar-refractivity contribution in [2.24, 2.45) is 5.14 Å². The minimum atomic E-state index is -3.82. The molecule has 0 aliphatic rings. The van der Waals surface area contributed by atoms with Gasteiger partial charge in [-0.05, 0) is 79.2 Å². The van der Waals surface area contributed by atoms with Gasteiger partial charge in [0, 0.05) is 16.4 Å². The average Bonchev–Trinajstić information content (AvgIpc) is 3.54. The number of hydrogen-bond acceptors (Lipinski definition) is 8. The fourth-order valence-electron chi connectivity index (χ4n) is 4.19. The number of sulfonamides is 1. The maximum Gasteiger partial charge on any atom is 0.238 e. The van der Waals surface area contributed by atoms with E-state index in [0.717, 1.165) is 22.6 Å². The quantitative estimate of drug-likeness (QED) is 0.216. The van der Waals surface area contributed by atoms with Gasteiger partial charge in [-0.2, -0.15) is 5.10 Å². The summed E-state index contributed by atoms with van der Waals surface area (Å²) in [6.07, 6.45) is 0. The topological polar surface area (TPSA) is 147 Å². The summed E-state index contributed by atoms with van der Waals surface area (Å²) in [7, 11) is -2.23. The van der Waals surface area contributed by atoms with E-state index in [4.69, 9.17) is 21.5 Å². The summed E-state index contributed by atoms with van der Waals surface area (Å²) >= 11 is 7.31. The third kappa shape index (κ3) is 6.82. The Balaban J connectivity index is 1.40. The first kappa shape index (κ1) is 29.3. The number of nitrogens with one attached hydrogen (secondary N) is 1. The van der Waals surface area contributed by atoms with Gasteiger partial charge in [0.15, 0.2) is 11.0 Å². The van der Waals surface area contributed by atoms with Crippen LogP contribution in [-0.2, 0) is 21.4 Å². The number of primary sulfonamides is 1. The molecule has 2 heterocycles. The summed E-state index contributed by atoms with van der Waals surface area (Å²) in [5.74, 6) is 1.03. The molecular formula is C28H26ClN7O4S2. The highest BCUT2D eigenvalue weighted by molar-refractivity contribution is 7.99. The van der Waals surface area contributed by atoms with Crippen molar-refractivity contribution in [2.75, 3.05) is 18.2 Å². The van der Waals surface area contributed by atoms with Crippen molar-refractivity contribution in [1.82, 2.24) is 24.5 Å². The lowest BCUT2D eigenvalue weighted by Gasteiger charge is -2.13. The molecule has 11 nitrogen and oxygen atoms in total. The molecule has 14 heteroatoms. The van der Waals surface area contributed by atoms with Crippen LogP contribution in [0.25, 0.3) is 16.9 Å². The molecule has 3 aromatic carbocycles. The number of thioether (sulfide) groups is 1. The van der Waals surface area contributed by atoms with E-state index in [9.17, 15) is 13.2 Å². The van der Waals surface area contributed by atoms with Crippen LogP contribution in [0.2, 0.25) is 5.02 Å². The molecule has 0 aliphatic heterocycles. The number of ether oxygens (including phenoxy) is 1. The van der Waals surface area contributed by atoms with Crippen LogP contribution in [-0.4, -0.2) is 51.7 Å². The van der Waals surface area contributed by atoms with Crippen molar-refractivity contribution in [1.29, 1.82) is 0 Å². The number of carbonyl (C=O) groups is 1. The zero-order valence-electron chi connectivity index (χ0n) is 22.6. The Bertz CT molecular complexity index is 1820. The third-order valence-corrected chi connectivity index (χ3v) is 8.27. The summed E-state index contributed by atoms with van der Waals surface area (Å²) in [6.45, 7) is 2.24. The maximum atomic E-state index is 12.8. The molecule has 0 fully saturated rings. The average molecular weight is 624 g/mol. The van der Waals surface area contributed by atoms with Crippen LogP contribution < -0.4 is 15.2 Å². The Morgan fingerprint density at radius 1 is 1.02 bits per heavy atom. The third-order valence-electron chi connectivity index (χ3n) is 6.16. The van der Waals surface area contributed by atoms with Crippen molar-refractivity contribution in [2.45, 2.75) is 23.5 Å². The van der Waals surface area contributed by atoms with E-state index in [0.29, 0.717) is 34.0 Å². The van der Waals surface area contributed by atoms with Gasteiger partial charge in [-0.25, -0.2) is 13.6 Å². The molecule has 5 aromatic rings. The molecule has 0 spiro atoms. The highest BCUT2D eigenvalue weighted by Crippen LogP contribution is 2.27. The molecule has 0 radical (unpaired) electrons. The lowest BCUT2D eigenvalue weighted by molar-refractivity contribution is -0.113. The Labute approximate surface area is 251 Å². The van der Waals surface area contributed by atoms with Gasteiger partial charge >= 0.3 is 0 Å². The Kier molecular flexibility index (Phi) is 8.64. The Morgan fingerprint density at radius 3 is 2.36 bits per heavy atom. The van der Waals surface area contributed by atoms with Crippen molar-refractivity contribution in [3.63, 3.8) is 0 Å². The highest BCUT2D eigenvalue weighted by atomic mass is 35.5. The van der Waals surface area contributed by atoms with E-state index in [-0.39, 0.29) is 16.6 Å². The summed E-state index contributed by atoms with van der Waals surface area (Å²) < 4.78 is 32.0. The van der Waals surface area contributed by atoms with Crippen LogP contribution in [0.4, 0.5) is 5.69 Å². The number of benzene rings is 3. The van der Waals surface area contributed by atoms with Crippen LogP contribution >= 0.6 is 23.4 Å². The number of nitrogens with zero attached hydrogens (tertiary/aromatic N) is 5. The van der Waals surface area contributed by atoms with Crippen molar-refractivity contribution in [3.05, 3.63) is 95.4 Å². The lowest BCUT2D eigenvalue weighted by Crippen LogP contribution is -2.16. The predicted octanol–water partition coefficient (Wildman–Crippen LogP) is 4.53. The summed E-state index contributed by atoms with van der Waals surface area (Å²) in [5.41, 5.74) is 3.93. The minimum absolute atomic E-state index is 0.0299. The molecule has 3 N–H and O–H groups in total. The van der Waals surface area contributed by atoms with E-state index in [2.05, 4.69) is 20.6 Å². The number of aromatic nitrogens is 5. The van der Waals surface area contributed by atoms with Crippen molar-refractivity contribution >= 4 is 45.0 Å². The SMILES string of the molecule is COc1ccc(-n2c(Cn3nc(C)cc3-c3ccc(Cl)cc3)nnc2SCC(=O)Nc2ccc(S(N)(=O)=O)cc2)cc1. The number of amides is 1. The first-order valence-corrected chi connectivity index (χ1v) is 15.5. The van der Waals surface area contributed by atoms with E-state index < -0.39 is 10.0 Å². The van der Waals surface area contributed by atoms with Gasteiger partial charge in [0.1, 0.15) is 12.3 Å². The van der Waals surface area contributed by atoms with Crippen molar-refractivity contribution in [3.8, 4) is 22.7 Å². The second-order valence-electron chi connectivity index (χ2n) is 9.17. The van der Waals surface area contributed by atoms with Gasteiger partial charge in [0.2, 0.25) is 15.9 Å². The fraction of sp³-hybridized carbons (Fsp3) is 0.143. The number of carbonyl (C=O) groups excluding carboxylic acids is 1. The molecule has 42 heavy (non-hydrogen) atoms. The number of methoxy groups -OCH3 is 1. The molecule has 1 amide bonds. The summed E-state index contributed by atoms with van der Waals surface area (Å²) in [4.78, 5) is 12.7. The lowest BCUT2D eigenvalue weighted by atomic mass is 10.1. The van der Waals surface area contributed by atoms with Crippen LogP contribution in [0.3, 0.4) is 0 Å². The predicted molar refractivity (Wildman–Crippen MR) is 162 cm³/mol. The molecule has 2 aromatic heterocycles. The summed E-state index contributed by atoms with van der Waals surface area (Å²) in [5, 5.41) is 22.6. The minimum Gasteiger partial charge on any atom is -0.497 e. The Hall–Kier alpha value is -4.17. The standard InChI is InChI=1S/C28H26ClN7O4S2/c1-18-15-25(19-3-5-20(29)6-4-19)35(34-18)16-26-32-33-28(36(26)22-9-11-23(40-2)12-10-22)41-17-27(37)31-21-7-13-24(14-8-21)42(30,38)39/h3-15H,16-17H2,1-2H3,(H,31,37)(H2,30,38,39). The van der Waals surface area contributed by atoms with Gasteiger partial charge in [0.05, 0.1) is 29.1 Å². The fourth-order valence-corrected chi connectivity index (χ4v) is 5.61. The van der Waals surface area contributed by atoms with Crippen LogP contribution in [0.5, 0.6) is 5.75 Å². The van der Waals surface area contributed by atoms with Crippen LogP contribution in [0, 0.1) is 6.92 Å². The van der Waals surface area contributed by atoms with Gasteiger partial charge in [-0.1, -0.05) is 35.5 Å². The van der Waals surface area contributed by atoms with E-state index >= 15 is 0 Å². The maximum absolute atomic E-state index is 12.8. The summed E-state index contributed by atoms with van der Waals surface area (Å²) in [6, 6.07) is 22.6. The molecular weight excluding hydrogens is 598 g/mol. The molecule has 216 valence electrons. The largest absolute Gasteiger partial charge is 0.497 e. The normalized spacial score (nSPS) is 11.4. The number of anilines is 1. The van der Waals surface area contributed by atoms with E-state index in [1.54, 1.807) is 7.11 Å². The number of rotatable bonds is 10. The second-order valence-corrected chi connectivity index (χ2v) is 12.1. The van der Waals surface area contributed by atoms with E-state index in [1.807, 2.05) is 70.8 Å². The van der Waals surface area contributed by atoms with Crippen molar-refractivity contribution < 1.29 is 17.9 Å². The molecule has 0 saturated heterocycles.